The molecule has 0 saturated carbocycles. The highest BCUT2D eigenvalue weighted by Gasteiger charge is 2.04. The zero-order valence-electron chi connectivity index (χ0n) is 5.83. The summed E-state index contributed by atoms with van der Waals surface area (Å²) in [4.78, 5) is 10.6. The van der Waals surface area contributed by atoms with E-state index in [4.69, 9.17) is 5.11 Å². The first-order chi connectivity index (χ1) is 4.76. The molecule has 0 aromatic carbocycles. The van der Waals surface area contributed by atoms with Crippen LogP contribution >= 0.6 is 0 Å². The summed E-state index contributed by atoms with van der Waals surface area (Å²) < 4.78 is 4.34. The van der Waals surface area contributed by atoms with Gasteiger partial charge in [0.25, 0.3) is 0 Å². The Morgan fingerprint density at radius 2 is 2.40 bits per heavy atom. The summed E-state index contributed by atoms with van der Waals surface area (Å²) in [5.74, 6) is -0.526. The molecule has 0 aliphatic carbocycles. The Balaban J connectivity index is 4.19. The van der Waals surface area contributed by atoms with Crippen molar-refractivity contribution in [3.63, 3.8) is 0 Å². The number of hydrogen-bond donors (Lipinski definition) is 1. The van der Waals surface area contributed by atoms with E-state index in [0.29, 0.717) is 0 Å². The normalized spacial score (nSPS) is 10.8. The van der Waals surface area contributed by atoms with Gasteiger partial charge in [-0.2, -0.15) is 0 Å². The number of esters is 1. The van der Waals surface area contributed by atoms with Crippen molar-refractivity contribution in [1.29, 1.82) is 0 Å². The lowest BCUT2D eigenvalue weighted by molar-refractivity contribution is -0.136. The molecule has 0 spiro atoms. The maximum Gasteiger partial charge on any atom is 0.336 e. The van der Waals surface area contributed by atoms with Gasteiger partial charge in [-0.25, -0.2) is 4.79 Å². The number of allylic oxidation sites excluding steroid dienone is 2. The van der Waals surface area contributed by atoms with Gasteiger partial charge in [0, 0.05) is 0 Å². The molecular weight excluding hydrogens is 132 g/mol. The van der Waals surface area contributed by atoms with E-state index < -0.39 is 5.97 Å². The molecule has 0 heterocycles. The summed E-state index contributed by atoms with van der Waals surface area (Å²) in [5.41, 5.74) is 0.206. The van der Waals surface area contributed by atoms with Crippen molar-refractivity contribution in [2.45, 2.75) is 0 Å². The van der Waals surface area contributed by atoms with Gasteiger partial charge in [0.15, 0.2) is 0 Å². The highest BCUT2D eigenvalue weighted by molar-refractivity contribution is 5.88. The van der Waals surface area contributed by atoms with Crippen LogP contribution in [0, 0.1) is 0 Å². The van der Waals surface area contributed by atoms with Crippen LogP contribution in [0.3, 0.4) is 0 Å². The second kappa shape index (κ2) is 4.76. The summed E-state index contributed by atoms with van der Waals surface area (Å²) in [6, 6.07) is 0. The minimum atomic E-state index is -0.526. The predicted octanol–water partition coefficient (Wildman–Crippen LogP) is 0.264. The Hall–Kier alpha value is -1.09. The van der Waals surface area contributed by atoms with Gasteiger partial charge in [-0.1, -0.05) is 18.7 Å². The van der Waals surface area contributed by atoms with E-state index in [9.17, 15) is 4.79 Å². The lowest BCUT2D eigenvalue weighted by Crippen LogP contribution is -2.07. The number of hydrogen-bond acceptors (Lipinski definition) is 3. The van der Waals surface area contributed by atoms with Gasteiger partial charge in [-0.3, -0.25) is 0 Å². The molecule has 0 bridgehead atoms. The van der Waals surface area contributed by atoms with E-state index in [0.717, 1.165) is 0 Å². The second-order valence-corrected chi connectivity index (χ2v) is 1.58. The Bertz CT molecular complexity index is 158. The number of carbonyl (C=O) groups is 1. The van der Waals surface area contributed by atoms with Crippen molar-refractivity contribution >= 4 is 5.97 Å². The average molecular weight is 142 g/mol. The van der Waals surface area contributed by atoms with Gasteiger partial charge in [0.2, 0.25) is 0 Å². The maximum atomic E-state index is 10.6. The SMILES string of the molecule is C=CC=C(CO)C(=O)OC. The number of carbonyl (C=O) groups excluding carboxylic acids is 1. The molecule has 0 amide bonds. The minimum absolute atomic E-state index is 0.206. The fourth-order valence-corrected chi connectivity index (χ4v) is 0.459. The van der Waals surface area contributed by atoms with Crippen molar-refractivity contribution in [2.24, 2.45) is 0 Å². The second-order valence-electron chi connectivity index (χ2n) is 1.58. The summed E-state index contributed by atoms with van der Waals surface area (Å²) in [6.07, 6.45) is 2.83. The Kier molecular flexibility index (Phi) is 4.24. The van der Waals surface area contributed by atoms with E-state index in [2.05, 4.69) is 11.3 Å². The molecule has 0 aromatic heterocycles. The number of methoxy groups -OCH3 is 1. The van der Waals surface area contributed by atoms with Gasteiger partial charge in [0.1, 0.15) is 0 Å². The summed E-state index contributed by atoms with van der Waals surface area (Å²) >= 11 is 0. The molecule has 0 rings (SSSR count). The molecule has 0 saturated heterocycles. The molecule has 3 nitrogen and oxygen atoms in total. The molecule has 0 fully saturated rings. The maximum absolute atomic E-state index is 10.6. The van der Waals surface area contributed by atoms with Crippen LogP contribution in [0.15, 0.2) is 24.3 Å². The van der Waals surface area contributed by atoms with Crippen molar-refractivity contribution in [3.8, 4) is 0 Å². The first kappa shape index (κ1) is 8.91. The van der Waals surface area contributed by atoms with Crippen LogP contribution in [0.25, 0.3) is 0 Å². The van der Waals surface area contributed by atoms with E-state index in [-0.39, 0.29) is 12.2 Å². The van der Waals surface area contributed by atoms with Crippen LogP contribution in [0.4, 0.5) is 0 Å². The molecule has 0 aromatic rings. The van der Waals surface area contributed by atoms with E-state index in [1.54, 1.807) is 0 Å². The lowest BCUT2D eigenvalue weighted by atomic mass is 10.2. The molecule has 0 unspecified atom stereocenters. The number of ether oxygens (including phenoxy) is 1. The van der Waals surface area contributed by atoms with Gasteiger partial charge >= 0.3 is 5.97 Å². The summed E-state index contributed by atoms with van der Waals surface area (Å²) in [5, 5.41) is 8.54. The van der Waals surface area contributed by atoms with Crippen LogP contribution in [0.5, 0.6) is 0 Å². The van der Waals surface area contributed by atoms with Crippen molar-refractivity contribution in [2.75, 3.05) is 13.7 Å². The third-order valence-electron chi connectivity index (χ3n) is 0.937. The number of aliphatic hydroxyl groups is 1. The number of rotatable bonds is 3. The van der Waals surface area contributed by atoms with Crippen molar-refractivity contribution in [3.05, 3.63) is 24.3 Å². The van der Waals surface area contributed by atoms with Crippen LogP contribution in [0.1, 0.15) is 0 Å². The monoisotopic (exact) mass is 142 g/mol. The molecule has 0 aliphatic rings. The standard InChI is InChI=1S/C7H10O3/c1-3-4-6(5-8)7(9)10-2/h3-4,8H,1,5H2,2H3. The molecule has 3 heteroatoms. The fourth-order valence-electron chi connectivity index (χ4n) is 0.459. The van der Waals surface area contributed by atoms with Crippen LogP contribution < -0.4 is 0 Å². The van der Waals surface area contributed by atoms with Crippen LogP contribution in [0.2, 0.25) is 0 Å². The van der Waals surface area contributed by atoms with Gasteiger partial charge in [-0.15, -0.1) is 0 Å². The minimum Gasteiger partial charge on any atom is -0.466 e. The third kappa shape index (κ3) is 2.46. The summed E-state index contributed by atoms with van der Waals surface area (Å²) in [6.45, 7) is 3.05. The first-order valence-electron chi connectivity index (χ1n) is 2.77. The quantitative estimate of drug-likeness (QED) is 0.349. The van der Waals surface area contributed by atoms with E-state index in [1.807, 2.05) is 0 Å². The molecule has 0 atom stereocenters. The lowest BCUT2D eigenvalue weighted by Gasteiger charge is -1.98. The Morgan fingerprint density at radius 1 is 1.80 bits per heavy atom. The van der Waals surface area contributed by atoms with Crippen molar-refractivity contribution in [1.82, 2.24) is 0 Å². The molecule has 56 valence electrons. The average Bonchev–Trinajstić information content (AvgIpc) is 1.99. The highest BCUT2D eigenvalue weighted by Crippen LogP contribution is 1.95. The van der Waals surface area contributed by atoms with Gasteiger partial charge in [0.05, 0.1) is 19.3 Å². The fraction of sp³-hybridized carbons (Fsp3) is 0.286. The van der Waals surface area contributed by atoms with Crippen molar-refractivity contribution < 1.29 is 14.6 Å². The zero-order valence-corrected chi connectivity index (χ0v) is 5.83. The Labute approximate surface area is 59.6 Å². The van der Waals surface area contributed by atoms with E-state index in [1.165, 1.54) is 19.3 Å². The van der Waals surface area contributed by atoms with E-state index >= 15 is 0 Å². The molecule has 0 aliphatic heterocycles. The third-order valence-corrected chi connectivity index (χ3v) is 0.937. The van der Waals surface area contributed by atoms with Crippen LogP contribution in [-0.4, -0.2) is 24.8 Å². The highest BCUT2D eigenvalue weighted by atomic mass is 16.5. The predicted molar refractivity (Wildman–Crippen MR) is 37.4 cm³/mol. The smallest absolute Gasteiger partial charge is 0.336 e. The Morgan fingerprint density at radius 3 is 2.70 bits per heavy atom. The summed E-state index contributed by atoms with van der Waals surface area (Å²) in [7, 11) is 1.26. The molecule has 0 radical (unpaired) electrons. The first-order valence-corrected chi connectivity index (χ1v) is 2.77. The molecule has 10 heavy (non-hydrogen) atoms. The topological polar surface area (TPSA) is 46.5 Å². The zero-order chi connectivity index (χ0) is 7.98. The van der Waals surface area contributed by atoms with Gasteiger partial charge < -0.3 is 9.84 Å². The number of aliphatic hydroxyl groups excluding tert-OH is 1. The molecule has 1 N–H and O–H groups in total. The molecular formula is C7H10O3. The van der Waals surface area contributed by atoms with Crippen LogP contribution in [-0.2, 0) is 9.53 Å². The largest absolute Gasteiger partial charge is 0.466 e. The van der Waals surface area contributed by atoms with Gasteiger partial charge in [-0.05, 0) is 0 Å².